The lowest BCUT2D eigenvalue weighted by Gasteiger charge is -2.13. The largest absolute Gasteiger partial charge is 0.396 e. The molecule has 2 nitrogen and oxygen atoms in total. The van der Waals surface area contributed by atoms with Crippen LogP contribution in [0.2, 0.25) is 0 Å². The quantitative estimate of drug-likeness (QED) is 0.703. The second-order valence-corrected chi connectivity index (χ2v) is 4.22. The van der Waals surface area contributed by atoms with Gasteiger partial charge in [-0.1, -0.05) is 18.2 Å². The first-order chi connectivity index (χ1) is 6.86. The normalized spacial score (nSPS) is 12.7. The third-order valence-corrected chi connectivity index (χ3v) is 3.25. The van der Waals surface area contributed by atoms with Crippen molar-refractivity contribution in [2.24, 2.45) is 0 Å². The summed E-state index contributed by atoms with van der Waals surface area (Å²) in [5, 5.41) is 12.0. The van der Waals surface area contributed by atoms with Crippen LogP contribution in [0.1, 0.15) is 6.42 Å². The van der Waals surface area contributed by atoms with Crippen LogP contribution in [0.15, 0.2) is 35.2 Å². The highest BCUT2D eigenvalue weighted by atomic mass is 32.2. The fourth-order valence-electron chi connectivity index (χ4n) is 1.18. The number of hydrogen-bond donors (Lipinski definition) is 2. The molecular formula is C11H17NOS. The molecule has 1 rings (SSSR count). The van der Waals surface area contributed by atoms with Gasteiger partial charge in [-0.05, 0) is 25.6 Å². The van der Waals surface area contributed by atoms with Gasteiger partial charge in [-0.25, -0.2) is 0 Å². The summed E-state index contributed by atoms with van der Waals surface area (Å²) in [4.78, 5) is 1.28. The van der Waals surface area contributed by atoms with Gasteiger partial charge < -0.3 is 10.4 Å². The van der Waals surface area contributed by atoms with Crippen LogP contribution in [-0.2, 0) is 0 Å². The Hall–Kier alpha value is -0.510. The molecule has 0 saturated carbocycles. The average molecular weight is 211 g/mol. The molecule has 1 aromatic rings. The first-order valence-corrected chi connectivity index (χ1v) is 5.81. The number of aliphatic hydroxyl groups excluding tert-OH is 1. The number of benzene rings is 1. The standard InChI is InChI=1S/C11H17NOS/c1-12-10(7-8-13)9-14-11-5-3-2-4-6-11/h2-6,10,12-13H,7-9H2,1H3. The number of nitrogens with one attached hydrogen (secondary N) is 1. The molecule has 78 valence electrons. The van der Waals surface area contributed by atoms with Gasteiger partial charge in [-0.3, -0.25) is 0 Å². The Bertz CT molecular complexity index is 240. The van der Waals surface area contributed by atoms with E-state index in [9.17, 15) is 0 Å². The predicted molar refractivity (Wildman–Crippen MR) is 61.7 cm³/mol. The Morgan fingerprint density at radius 3 is 2.64 bits per heavy atom. The Kier molecular flexibility index (Phi) is 5.68. The molecule has 0 bridgehead atoms. The summed E-state index contributed by atoms with van der Waals surface area (Å²) in [6.07, 6.45) is 0.816. The minimum atomic E-state index is 0.251. The Balaban J connectivity index is 2.32. The van der Waals surface area contributed by atoms with E-state index in [1.165, 1.54) is 4.90 Å². The fourth-order valence-corrected chi connectivity index (χ4v) is 2.26. The summed E-state index contributed by atoms with van der Waals surface area (Å²) >= 11 is 1.82. The summed E-state index contributed by atoms with van der Waals surface area (Å²) in [6, 6.07) is 10.7. The van der Waals surface area contributed by atoms with E-state index in [1.807, 2.05) is 37.0 Å². The Morgan fingerprint density at radius 1 is 1.36 bits per heavy atom. The van der Waals surface area contributed by atoms with Crippen molar-refractivity contribution < 1.29 is 5.11 Å². The number of aliphatic hydroxyl groups is 1. The molecule has 2 N–H and O–H groups in total. The van der Waals surface area contributed by atoms with Crippen molar-refractivity contribution in [2.45, 2.75) is 17.4 Å². The molecule has 0 spiro atoms. The van der Waals surface area contributed by atoms with Gasteiger partial charge >= 0.3 is 0 Å². The molecule has 3 heteroatoms. The van der Waals surface area contributed by atoms with E-state index in [4.69, 9.17) is 5.11 Å². The van der Waals surface area contributed by atoms with Gasteiger partial charge in [-0.15, -0.1) is 11.8 Å². The van der Waals surface area contributed by atoms with Crippen LogP contribution < -0.4 is 5.32 Å². The van der Waals surface area contributed by atoms with Gasteiger partial charge in [0.05, 0.1) is 0 Å². The van der Waals surface area contributed by atoms with Gasteiger partial charge in [0, 0.05) is 23.3 Å². The first kappa shape index (κ1) is 11.6. The summed E-state index contributed by atoms with van der Waals surface area (Å²) in [5.41, 5.74) is 0. The maximum atomic E-state index is 8.82. The molecule has 0 aliphatic rings. The SMILES string of the molecule is CNC(CCO)CSc1ccccc1. The minimum Gasteiger partial charge on any atom is -0.396 e. The van der Waals surface area contributed by atoms with E-state index in [0.29, 0.717) is 6.04 Å². The highest BCUT2D eigenvalue weighted by molar-refractivity contribution is 7.99. The molecule has 0 radical (unpaired) electrons. The van der Waals surface area contributed by atoms with Crippen LogP contribution in [0.4, 0.5) is 0 Å². The van der Waals surface area contributed by atoms with Crippen molar-refractivity contribution in [1.82, 2.24) is 5.32 Å². The van der Waals surface area contributed by atoms with Crippen LogP contribution in [0.25, 0.3) is 0 Å². The van der Waals surface area contributed by atoms with Crippen molar-refractivity contribution in [1.29, 1.82) is 0 Å². The molecule has 0 aliphatic heterocycles. The molecule has 14 heavy (non-hydrogen) atoms. The Morgan fingerprint density at radius 2 is 2.07 bits per heavy atom. The first-order valence-electron chi connectivity index (χ1n) is 4.82. The second-order valence-electron chi connectivity index (χ2n) is 3.12. The van der Waals surface area contributed by atoms with E-state index >= 15 is 0 Å². The van der Waals surface area contributed by atoms with Crippen LogP contribution in [0.5, 0.6) is 0 Å². The van der Waals surface area contributed by atoms with Gasteiger partial charge in [0.2, 0.25) is 0 Å². The van der Waals surface area contributed by atoms with Gasteiger partial charge in [0.1, 0.15) is 0 Å². The summed E-state index contributed by atoms with van der Waals surface area (Å²) < 4.78 is 0. The van der Waals surface area contributed by atoms with E-state index in [0.717, 1.165) is 12.2 Å². The molecule has 0 aliphatic carbocycles. The predicted octanol–water partition coefficient (Wildman–Crippen LogP) is 1.75. The van der Waals surface area contributed by atoms with E-state index < -0.39 is 0 Å². The number of hydrogen-bond acceptors (Lipinski definition) is 3. The lowest BCUT2D eigenvalue weighted by Crippen LogP contribution is -2.28. The zero-order valence-corrected chi connectivity index (χ0v) is 9.26. The van der Waals surface area contributed by atoms with Crippen LogP contribution in [0.3, 0.4) is 0 Å². The van der Waals surface area contributed by atoms with Crippen LogP contribution >= 0.6 is 11.8 Å². The second kappa shape index (κ2) is 6.87. The highest BCUT2D eigenvalue weighted by Gasteiger charge is 2.05. The highest BCUT2D eigenvalue weighted by Crippen LogP contribution is 2.18. The summed E-state index contributed by atoms with van der Waals surface area (Å²) in [5.74, 6) is 1.00. The van der Waals surface area contributed by atoms with Gasteiger partial charge in [-0.2, -0.15) is 0 Å². The van der Waals surface area contributed by atoms with Crippen molar-refractivity contribution in [3.8, 4) is 0 Å². The number of thioether (sulfide) groups is 1. The molecule has 1 unspecified atom stereocenters. The van der Waals surface area contributed by atoms with Crippen molar-refractivity contribution in [2.75, 3.05) is 19.4 Å². The molecular weight excluding hydrogens is 194 g/mol. The molecule has 0 aromatic heterocycles. The van der Waals surface area contributed by atoms with E-state index in [-0.39, 0.29) is 6.61 Å². The molecule has 1 atom stereocenters. The van der Waals surface area contributed by atoms with E-state index in [1.54, 1.807) is 0 Å². The lowest BCUT2D eigenvalue weighted by atomic mass is 10.2. The van der Waals surface area contributed by atoms with Crippen molar-refractivity contribution in [3.05, 3.63) is 30.3 Å². The number of rotatable bonds is 6. The zero-order valence-electron chi connectivity index (χ0n) is 8.44. The van der Waals surface area contributed by atoms with Crippen LogP contribution in [0, 0.1) is 0 Å². The molecule has 0 heterocycles. The van der Waals surface area contributed by atoms with Crippen LogP contribution in [-0.4, -0.2) is 30.6 Å². The fraction of sp³-hybridized carbons (Fsp3) is 0.455. The minimum absolute atomic E-state index is 0.251. The Labute approximate surface area is 89.7 Å². The zero-order chi connectivity index (χ0) is 10.2. The van der Waals surface area contributed by atoms with Gasteiger partial charge in [0.25, 0.3) is 0 Å². The van der Waals surface area contributed by atoms with Gasteiger partial charge in [0.15, 0.2) is 0 Å². The van der Waals surface area contributed by atoms with Crippen molar-refractivity contribution in [3.63, 3.8) is 0 Å². The van der Waals surface area contributed by atoms with E-state index in [2.05, 4.69) is 17.4 Å². The monoisotopic (exact) mass is 211 g/mol. The maximum Gasteiger partial charge on any atom is 0.0446 e. The van der Waals surface area contributed by atoms with Crippen molar-refractivity contribution >= 4 is 11.8 Å². The lowest BCUT2D eigenvalue weighted by molar-refractivity contribution is 0.273. The summed E-state index contributed by atoms with van der Waals surface area (Å²) in [7, 11) is 1.94. The maximum absolute atomic E-state index is 8.82. The molecule has 0 fully saturated rings. The molecule has 0 saturated heterocycles. The third-order valence-electron chi connectivity index (χ3n) is 2.08. The topological polar surface area (TPSA) is 32.3 Å². The smallest absolute Gasteiger partial charge is 0.0446 e. The molecule has 0 amide bonds. The third kappa shape index (κ3) is 4.13. The summed E-state index contributed by atoms with van der Waals surface area (Å²) in [6.45, 7) is 0.251. The molecule has 1 aromatic carbocycles. The average Bonchev–Trinajstić information content (AvgIpc) is 2.25.